The van der Waals surface area contributed by atoms with Crippen molar-refractivity contribution in [3.8, 4) is 0 Å². The van der Waals surface area contributed by atoms with E-state index in [2.05, 4.69) is 37.3 Å². The first-order chi connectivity index (χ1) is 8.81. The van der Waals surface area contributed by atoms with Gasteiger partial charge in [-0.25, -0.2) is 0 Å². The summed E-state index contributed by atoms with van der Waals surface area (Å²) in [6.07, 6.45) is 8.31. The molecule has 1 fully saturated rings. The van der Waals surface area contributed by atoms with Gasteiger partial charge in [-0.1, -0.05) is 56.5 Å². The van der Waals surface area contributed by atoms with Crippen molar-refractivity contribution in [3.63, 3.8) is 0 Å². The molecule has 18 heavy (non-hydrogen) atoms. The fourth-order valence-corrected chi connectivity index (χ4v) is 3.24. The molecule has 0 heterocycles. The lowest BCUT2D eigenvalue weighted by molar-refractivity contribution is 0.0560. The minimum atomic E-state index is -0.0539. The molecule has 1 aromatic carbocycles. The molecular weight excluding hydrogens is 220 g/mol. The van der Waals surface area contributed by atoms with Crippen molar-refractivity contribution < 1.29 is 5.11 Å². The number of hydrogen-bond donors (Lipinski definition) is 1. The van der Waals surface area contributed by atoms with Crippen LogP contribution in [0.3, 0.4) is 0 Å². The second-order valence-electron chi connectivity index (χ2n) is 5.74. The Bertz CT molecular complexity index is 333. The Morgan fingerprint density at radius 2 is 1.89 bits per heavy atom. The van der Waals surface area contributed by atoms with Gasteiger partial charge in [0.15, 0.2) is 0 Å². The monoisotopic (exact) mass is 246 g/mol. The molecule has 0 bridgehead atoms. The largest absolute Gasteiger partial charge is 0.393 e. The van der Waals surface area contributed by atoms with Crippen molar-refractivity contribution in [2.75, 3.05) is 0 Å². The number of benzene rings is 1. The minimum absolute atomic E-state index is 0.0539. The molecule has 1 aromatic rings. The summed E-state index contributed by atoms with van der Waals surface area (Å²) in [5.74, 6) is 1.19. The van der Waals surface area contributed by atoms with E-state index in [9.17, 15) is 5.11 Å². The van der Waals surface area contributed by atoms with Gasteiger partial charge in [-0.15, -0.1) is 0 Å². The van der Waals surface area contributed by atoms with Gasteiger partial charge in [-0.3, -0.25) is 0 Å². The Balaban J connectivity index is 1.91. The highest BCUT2D eigenvalue weighted by molar-refractivity contribution is 5.20. The van der Waals surface area contributed by atoms with Crippen LogP contribution in [0.25, 0.3) is 0 Å². The molecular formula is C17H26O. The van der Waals surface area contributed by atoms with E-state index in [0.717, 1.165) is 12.8 Å². The molecule has 100 valence electrons. The molecule has 0 aromatic heterocycles. The summed E-state index contributed by atoms with van der Waals surface area (Å²) in [6.45, 7) is 2.24. The molecule has 1 saturated carbocycles. The minimum Gasteiger partial charge on any atom is -0.393 e. The molecule has 1 heteroatoms. The van der Waals surface area contributed by atoms with Crippen molar-refractivity contribution in [1.29, 1.82) is 0 Å². The molecule has 1 aliphatic carbocycles. The molecule has 3 atom stereocenters. The topological polar surface area (TPSA) is 20.2 Å². The number of rotatable bonds is 5. The van der Waals surface area contributed by atoms with Gasteiger partial charge >= 0.3 is 0 Å². The summed E-state index contributed by atoms with van der Waals surface area (Å²) >= 11 is 0. The smallest absolute Gasteiger partial charge is 0.0568 e. The maximum atomic E-state index is 10.1. The van der Waals surface area contributed by atoms with Crippen LogP contribution < -0.4 is 0 Å². The average molecular weight is 246 g/mol. The summed E-state index contributed by atoms with van der Waals surface area (Å²) < 4.78 is 0. The first kappa shape index (κ1) is 13.6. The molecule has 0 saturated heterocycles. The number of unbranched alkanes of at least 4 members (excludes halogenated alkanes) is 2. The van der Waals surface area contributed by atoms with E-state index in [1.165, 1.54) is 37.7 Å². The maximum Gasteiger partial charge on any atom is 0.0568 e. The van der Waals surface area contributed by atoms with Gasteiger partial charge in [-0.05, 0) is 43.1 Å². The van der Waals surface area contributed by atoms with Crippen LogP contribution in [0.15, 0.2) is 30.3 Å². The molecule has 0 spiro atoms. The fraction of sp³-hybridized carbons (Fsp3) is 0.647. The Hall–Kier alpha value is -0.820. The van der Waals surface area contributed by atoms with Crippen LogP contribution in [0.1, 0.15) is 63.4 Å². The third kappa shape index (κ3) is 3.58. The average Bonchev–Trinajstić information content (AvgIpc) is 2.42. The van der Waals surface area contributed by atoms with Gasteiger partial charge < -0.3 is 5.11 Å². The maximum absolute atomic E-state index is 10.1. The van der Waals surface area contributed by atoms with Gasteiger partial charge in [0.2, 0.25) is 0 Å². The Kier molecular flexibility index (Phi) is 5.25. The van der Waals surface area contributed by atoms with Crippen LogP contribution in [-0.2, 0) is 0 Å². The summed E-state index contributed by atoms with van der Waals surface area (Å²) in [5.41, 5.74) is 1.46. The fourth-order valence-electron chi connectivity index (χ4n) is 3.24. The van der Waals surface area contributed by atoms with E-state index < -0.39 is 0 Å². The van der Waals surface area contributed by atoms with Gasteiger partial charge in [0, 0.05) is 0 Å². The standard InChI is InChI=1S/C17H26O/c1-2-3-5-10-16-13-15(11-12-17(16)18)14-8-6-4-7-9-14/h4,6-9,15-18H,2-3,5,10-13H2,1H3. The lowest BCUT2D eigenvalue weighted by Crippen LogP contribution is -2.28. The molecule has 0 aliphatic heterocycles. The van der Waals surface area contributed by atoms with Gasteiger partial charge in [-0.2, -0.15) is 0 Å². The molecule has 1 aliphatic rings. The first-order valence-corrected chi connectivity index (χ1v) is 7.54. The Morgan fingerprint density at radius 3 is 2.61 bits per heavy atom. The molecule has 0 amide bonds. The first-order valence-electron chi connectivity index (χ1n) is 7.54. The van der Waals surface area contributed by atoms with Crippen molar-refractivity contribution in [2.24, 2.45) is 5.92 Å². The number of aliphatic hydroxyl groups is 1. The second-order valence-corrected chi connectivity index (χ2v) is 5.74. The highest BCUT2D eigenvalue weighted by atomic mass is 16.3. The van der Waals surface area contributed by atoms with Crippen LogP contribution >= 0.6 is 0 Å². The third-order valence-corrected chi connectivity index (χ3v) is 4.39. The van der Waals surface area contributed by atoms with Crippen molar-refractivity contribution in [2.45, 2.75) is 63.9 Å². The van der Waals surface area contributed by atoms with Crippen LogP contribution in [0.2, 0.25) is 0 Å². The zero-order chi connectivity index (χ0) is 12.8. The zero-order valence-corrected chi connectivity index (χ0v) is 11.5. The zero-order valence-electron chi connectivity index (χ0n) is 11.5. The van der Waals surface area contributed by atoms with Crippen LogP contribution in [0, 0.1) is 5.92 Å². The normalized spacial score (nSPS) is 28.2. The quantitative estimate of drug-likeness (QED) is 0.758. The molecule has 3 unspecified atom stereocenters. The summed E-state index contributed by atoms with van der Waals surface area (Å²) in [4.78, 5) is 0. The van der Waals surface area contributed by atoms with Crippen molar-refractivity contribution >= 4 is 0 Å². The van der Waals surface area contributed by atoms with Gasteiger partial charge in [0.25, 0.3) is 0 Å². The van der Waals surface area contributed by atoms with E-state index in [0.29, 0.717) is 11.8 Å². The van der Waals surface area contributed by atoms with Gasteiger partial charge in [0.1, 0.15) is 0 Å². The predicted octanol–water partition coefficient (Wildman–Crippen LogP) is 4.51. The third-order valence-electron chi connectivity index (χ3n) is 4.39. The molecule has 0 radical (unpaired) electrons. The molecule has 2 rings (SSSR count). The molecule has 1 N–H and O–H groups in total. The summed E-state index contributed by atoms with van der Waals surface area (Å²) in [7, 11) is 0. The van der Waals surface area contributed by atoms with Crippen molar-refractivity contribution in [3.05, 3.63) is 35.9 Å². The number of aliphatic hydroxyl groups excluding tert-OH is 1. The SMILES string of the molecule is CCCCCC1CC(c2ccccc2)CCC1O. The Morgan fingerprint density at radius 1 is 1.11 bits per heavy atom. The molecule has 1 nitrogen and oxygen atoms in total. The summed E-state index contributed by atoms with van der Waals surface area (Å²) in [5, 5.41) is 10.1. The van der Waals surface area contributed by atoms with E-state index in [-0.39, 0.29) is 6.10 Å². The van der Waals surface area contributed by atoms with Crippen LogP contribution in [-0.4, -0.2) is 11.2 Å². The van der Waals surface area contributed by atoms with Crippen molar-refractivity contribution in [1.82, 2.24) is 0 Å². The highest BCUT2D eigenvalue weighted by Crippen LogP contribution is 2.38. The van der Waals surface area contributed by atoms with E-state index in [4.69, 9.17) is 0 Å². The lowest BCUT2D eigenvalue weighted by Gasteiger charge is -2.33. The predicted molar refractivity (Wildman–Crippen MR) is 76.7 cm³/mol. The summed E-state index contributed by atoms with van der Waals surface area (Å²) in [6, 6.07) is 10.8. The van der Waals surface area contributed by atoms with E-state index >= 15 is 0 Å². The number of hydrogen-bond acceptors (Lipinski definition) is 1. The highest BCUT2D eigenvalue weighted by Gasteiger charge is 2.29. The van der Waals surface area contributed by atoms with Gasteiger partial charge in [0.05, 0.1) is 6.10 Å². The Labute approximate surface area is 111 Å². The van der Waals surface area contributed by atoms with Crippen LogP contribution in [0.4, 0.5) is 0 Å². The lowest BCUT2D eigenvalue weighted by atomic mass is 9.74. The van der Waals surface area contributed by atoms with E-state index in [1.807, 2.05) is 0 Å². The van der Waals surface area contributed by atoms with E-state index in [1.54, 1.807) is 0 Å². The van der Waals surface area contributed by atoms with Crippen LogP contribution in [0.5, 0.6) is 0 Å². The second kappa shape index (κ2) is 6.94.